The minimum atomic E-state index is -0.441. The molecular formula is C18H26N2O2. The molecule has 2 fully saturated rings. The molecule has 0 unspecified atom stereocenters. The molecule has 0 aromatic heterocycles. The van der Waals surface area contributed by atoms with Gasteiger partial charge in [-0.2, -0.15) is 0 Å². The normalized spacial score (nSPS) is 28.3. The van der Waals surface area contributed by atoms with Gasteiger partial charge < -0.3 is 10.5 Å². The summed E-state index contributed by atoms with van der Waals surface area (Å²) in [5.41, 5.74) is 6.38. The average molecular weight is 302 g/mol. The molecule has 3 atom stereocenters. The van der Waals surface area contributed by atoms with Crippen LogP contribution in [-0.4, -0.2) is 29.5 Å². The maximum Gasteiger partial charge on any atom is 0.255 e. The van der Waals surface area contributed by atoms with Crippen molar-refractivity contribution in [3.63, 3.8) is 0 Å². The summed E-state index contributed by atoms with van der Waals surface area (Å²) in [6.07, 6.45) is 6.84. The molecule has 1 saturated carbocycles. The van der Waals surface area contributed by atoms with Crippen molar-refractivity contribution in [2.24, 2.45) is 11.7 Å². The molecule has 120 valence electrons. The Hall–Kier alpha value is -1.55. The van der Waals surface area contributed by atoms with Crippen LogP contribution in [-0.2, 0) is 11.3 Å². The molecule has 1 aliphatic heterocycles. The summed E-state index contributed by atoms with van der Waals surface area (Å²) in [4.78, 5) is 13.5. The van der Waals surface area contributed by atoms with Gasteiger partial charge in [-0.25, -0.2) is 0 Å². The van der Waals surface area contributed by atoms with E-state index >= 15 is 0 Å². The van der Waals surface area contributed by atoms with Gasteiger partial charge in [0.05, 0.1) is 0 Å². The van der Waals surface area contributed by atoms with E-state index in [0.29, 0.717) is 6.04 Å². The van der Waals surface area contributed by atoms with Gasteiger partial charge >= 0.3 is 0 Å². The van der Waals surface area contributed by atoms with Gasteiger partial charge in [0.25, 0.3) is 5.91 Å². The van der Waals surface area contributed by atoms with Gasteiger partial charge in [-0.15, -0.1) is 0 Å². The standard InChI is InChI=1S/C18H26N2O2/c1-13-9-15-6-2-3-8-17(15)20(13)11-14-5-4-7-16(10-14)22-12-18(19)21/h4-5,7,10,13,15,17H,2-3,6,8-9,11-12H2,1H3,(H2,19,21)/t13-,15-,17-/m1/s1. The second-order valence-corrected chi connectivity index (χ2v) is 6.77. The highest BCUT2D eigenvalue weighted by molar-refractivity contribution is 5.75. The Morgan fingerprint density at radius 2 is 2.18 bits per heavy atom. The van der Waals surface area contributed by atoms with E-state index in [-0.39, 0.29) is 6.61 Å². The summed E-state index contributed by atoms with van der Waals surface area (Å²) in [7, 11) is 0. The van der Waals surface area contributed by atoms with Crippen LogP contribution in [0.2, 0.25) is 0 Å². The molecule has 1 amide bonds. The van der Waals surface area contributed by atoms with Crippen molar-refractivity contribution in [3.8, 4) is 5.75 Å². The maximum absolute atomic E-state index is 10.8. The lowest BCUT2D eigenvalue weighted by molar-refractivity contribution is -0.119. The van der Waals surface area contributed by atoms with Crippen LogP contribution in [0.15, 0.2) is 24.3 Å². The number of nitrogens with two attached hydrogens (primary N) is 1. The fourth-order valence-corrected chi connectivity index (χ4v) is 4.17. The smallest absolute Gasteiger partial charge is 0.255 e. The van der Waals surface area contributed by atoms with Gasteiger partial charge in [0.1, 0.15) is 5.75 Å². The van der Waals surface area contributed by atoms with Crippen molar-refractivity contribution in [1.29, 1.82) is 0 Å². The summed E-state index contributed by atoms with van der Waals surface area (Å²) in [6, 6.07) is 9.45. The lowest BCUT2D eigenvalue weighted by Gasteiger charge is -2.33. The number of rotatable bonds is 5. The number of hydrogen-bond donors (Lipinski definition) is 1. The molecule has 4 heteroatoms. The molecule has 0 bridgehead atoms. The number of likely N-dealkylation sites (tertiary alicyclic amines) is 1. The average Bonchev–Trinajstić information content (AvgIpc) is 2.82. The zero-order valence-corrected chi connectivity index (χ0v) is 13.3. The van der Waals surface area contributed by atoms with Crippen molar-refractivity contribution in [3.05, 3.63) is 29.8 Å². The molecule has 1 aromatic rings. The maximum atomic E-state index is 10.8. The van der Waals surface area contributed by atoms with Crippen molar-refractivity contribution in [1.82, 2.24) is 4.90 Å². The number of fused-ring (bicyclic) bond motifs is 1. The predicted molar refractivity (Wildman–Crippen MR) is 86.5 cm³/mol. The number of nitrogens with zero attached hydrogens (tertiary/aromatic N) is 1. The zero-order chi connectivity index (χ0) is 15.5. The Morgan fingerprint density at radius 3 is 3.00 bits per heavy atom. The quantitative estimate of drug-likeness (QED) is 0.910. The van der Waals surface area contributed by atoms with E-state index < -0.39 is 5.91 Å². The highest BCUT2D eigenvalue weighted by atomic mass is 16.5. The van der Waals surface area contributed by atoms with Gasteiger partial charge in [0.15, 0.2) is 6.61 Å². The third kappa shape index (κ3) is 3.43. The summed E-state index contributed by atoms with van der Waals surface area (Å²) in [5.74, 6) is 1.17. The number of ether oxygens (including phenoxy) is 1. The summed E-state index contributed by atoms with van der Waals surface area (Å²) >= 11 is 0. The molecule has 1 aromatic carbocycles. The largest absolute Gasteiger partial charge is 0.484 e. The van der Waals surface area contributed by atoms with E-state index in [4.69, 9.17) is 10.5 Å². The minimum Gasteiger partial charge on any atom is -0.484 e. The second-order valence-electron chi connectivity index (χ2n) is 6.77. The fourth-order valence-electron chi connectivity index (χ4n) is 4.17. The van der Waals surface area contributed by atoms with Gasteiger partial charge in [0, 0.05) is 18.6 Å². The minimum absolute atomic E-state index is 0.0612. The number of hydrogen-bond acceptors (Lipinski definition) is 3. The fraction of sp³-hybridized carbons (Fsp3) is 0.611. The van der Waals surface area contributed by atoms with Crippen LogP contribution in [0.5, 0.6) is 5.75 Å². The molecule has 2 aliphatic rings. The molecule has 1 aliphatic carbocycles. The molecule has 0 radical (unpaired) electrons. The molecule has 0 spiro atoms. The lowest BCUT2D eigenvalue weighted by Crippen LogP contribution is -2.37. The first-order valence-electron chi connectivity index (χ1n) is 8.39. The molecule has 2 N–H and O–H groups in total. The van der Waals surface area contributed by atoms with Crippen molar-refractivity contribution in [2.45, 2.75) is 57.7 Å². The van der Waals surface area contributed by atoms with E-state index in [2.05, 4.69) is 17.9 Å². The first-order chi connectivity index (χ1) is 10.6. The summed E-state index contributed by atoms with van der Waals surface area (Å²) in [5, 5.41) is 0. The van der Waals surface area contributed by atoms with Gasteiger partial charge in [0.2, 0.25) is 0 Å². The van der Waals surface area contributed by atoms with Crippen LogP contribution in [0.3, 0.4) is 0 Å². The highest BCUT2D eigenvalue weighted by Crippen LogP contribution is 2.40. The molecule has 1 heterocycles. The van der Waals surface area contributed by atoms with Gasteiger partial charge in [-0.05, 0) is 49.8 Å². The van der Waals surface area contributed by atoms with Crippen molar-refractivity contribution < 1.29 is 9.53 Å². The first kappa shape index (κ1) is 15.3. The van der Waals surface area contributed by atoms with Crippen LogP contribution in [0.1, 0.15) is 44.6 Å². The van der Waals surface area contributed by atoms with Gasteiger partial charge in [-0.3, -0.25) is 9.69 Å². The molecule has 1 saturated heterocycles. The Labute approximate surface area is 132 Å². The molecule has 22 heavy (non-hydrogen) atoms. The van der Waals surface area contributed by atoms with E-state index in [9.17, 15) is 4.79 Å². The summed E-state index contributed by atoms with van der Waals surface area (Å²) in [6.45, 7) is 3.26. The number of carbonyl (C=O) groups is 1. The number of benzene rings is 1. The highest BCUT2D eigenvalue weighted by Gasteiger charge is 2.39. The van der Waals surface area contributed by atoms with Crippen LogP contribution >= 0.6 is 0 Å². The molecule has 4 nitrogen and oxygen atoms in total. The topological polar surface area (TPSA) is 55.6 Å². The Balaban J connectivity index is 1.67. The summed E-state index contributed by atoms with van der Waals surface area (Å²) < 4.78 is 5.41. The van der Waals surface area contributed by atoms with Crippen molar-refractivity contribution in [2.75, 3.05) is 6.61 Å². The SMILES string of the molecule is C[C@@H]1C[C@H]2CCCC[C@H]2N1Cc1cccc(OCC(N)=O)c1. The first-order valence-corrected chi connectivity index (χ1v) is 8.39. The van der Waals surface area contributed by atoms with E-state index in [1.807, 2.05) is 18.2 Å². The van der Waals surface area contributed by atoms with Crippen LogP contribution in [0.4, 0.5) is 0 Å². The monoisotopic (exact) mass is 302 g/mol. The third-order valence-corrected chi connectivity index (χ3v) is 5.15. The Bertz CT molecular complexity index is 532. The van der Waals surface area contributed by atoms with Crippen LogP contribution in [0, 0.1) is 5.92 Å². The van der Waals surface area contributed by atoms with Crippen molar-refractivity contribution >= 4 is 5.91 Å². The predicted octanol–water partition coefficient (Wildman–Crippen LogP) is 2.70. The number of carbonyl (C=O) groups excluding carboxylic acids is 1. The van der Waals surface area contributed by atoms with Gasteiger partial charge in [-0.1, -0.05) is 25.0 Å². The van der Waals surface area contributed by atoms with E-state index in [1.165, 1.54) is 37.7 Å². The number of primary amides is 1. The van der Waals surface area contributed by atoms with E-state index in [0.717, 1.165) is 24.3 Å². The van der Waals surface area contributed by atoms with Crippen LogP contribution < -0.4 is 10.5 Å². The Morgan fingerprint density at radius 1 is 1.36 bits per heavy atom. The number of amides is 1. The third-order valence-electron chi connectivity index (χ3n) is 5.15. The zero-order valence-electron chi connectivity index (χ0n) is 13.3. The van der Waals surface area contributed by atoms with E-state index in [1.54, 1.807) is 0 Å². The lowest BCUT2D eigenvalue weighted by atomic mass is 9.85. The Kier molecular flexibility index (Phi) is 4.67. The second kappa shape index (κ2) is 6.69. The van der Waals surface area contributed by atoms with Crippen LogP contribution in [0.25, 0.3) is 0 Å². The molecule has 3 rings (SSSR count). The molecular weight excluding hydrogens is 276 g/mol.